The molecule has 152 valence electrons. The summed E-state index contributed by atoms with van der Waals surface area (Å²) in [6.07, 6.45) is 3.14. The number of carbonyl (C=O) groups excluding carboxylic acids is 3. The lowest BCUT2D eigenvalue weighted by molar-refractivity contribution is -0.140. The number of rotatable bonds is 8. The number of aromatic nitrogens is 2. The van der Waals surface area contributed by atoms with Crippen LogP contribution in [0.15, 0.2) is 73.1 Å². The van der Waals surface area contributed by atoms with Crippen molar-refractivity contribution in [1.29, 1.82) is 0 Å². The molecular weight excluding hydrogens is 384 g/mol. The predicted molar refractivity (Wildman–Crippen MR) is 111 cm³/mol. The van der Waals surface area contributed by atoms with Crippen LogP contribution in [0.4, 0.5) is 11.6 Å². The van der Waals surface area contributed by atoms with Crippen LogP contribution in [0.1, 0.15) is 20.7 Å². The van der Waals surface area contributed by atoms with Crippen LogP contribution in [0.2, 0.25) is 0 Å². The minimum absolute atomic E-state index is 0.0816. The Balaban J connectivity index is 1.48. The maximum absolute atomic E-state index is 12.3. The number of nitrogens with one attached hydrogen (secondary N) is 1. The van der Waals surface area contributed by atoms with E-state index in [1.54, 1.807) is 74.0 Å². The normalized spacial score (nSPS) is 10.2. The number of ether oxygens (including phenoxy) is 1. The molecule has 8 heteroatoms. The molecule has 30 heavy (non-hydrogen) atoms. The summed E-state index contributed by atoms with van der Waals surface area (Å²) >= 11 is 0. The highest BCUT2D eigenvalue weighted by atomic mass is 16.5. The van der Waals surface area contributed by atoms with Crippen molar-refractivity contribution in [2.45, 2.75) is 0 Å². The van der Waals surface area contributed by atoms with Crippen LogP contribution in [-0.4, -0.2) is 47.8 Å². The molecule has 0 radical (unpaired) electrons. The van der Waals surface area contributed by atoms with Gasteiger partial charge in [-0.25, -0.2) is 9.97 Å². The van der Waals surface area contributed by atoms with Crippen LogP contribution >= 0.6 is 0 Å². The molecule has 0 atom stereocenters. The number of Topliss-reactive ketones (excluding diaryl/α,β-unsaturated/α-hetero) is 1. The van der Waals surface area contributed by atoms with Gasteiger partial charge in [-0.3, -0.25) is 14.4 Å². The fourth-order valence-electron chi connectivity index (χ4n) is 2.56. The maximum Gasteiger partial charge on any atom is 0.326 e. The number of anilines is 2. The molecule has 1 aromatic heterocycles. The Bertz CT molecular complexity index is 1010. The number of esters is 1. The van der Waals surface area contributed by atoms with Gasteiger partial charge in [0.25, 0.3) is 5.91 Å². The van der Waals surface area contributed by atoms with E-state index in [1.807, 2.05) is 6.07 Å². The lowest BCUT2D eigenvalue weighted by Crippen LogP contribution is -2.29. The summed E-state index contributed by atoms with van der Waals surface area (Å²) in [7, 11) is 1.65. The van der Waals surface area contributed by atoms with Crippen molar-refractivity contribution in [3.63, 3.8) is 0 Å². The van der Waals surface area contributed by atoms with Crippen molar-refractivity contribution in [1.82, 2.24) is 9.97 Å². The fraction of sp³-hybridized carbons (Fsp3) is 0.136. The molecule has 0 unspecified atom stereocenters. The van der Waals surface area contributed by atoms with E-state index in [4.69, 9.17) is 4.74 Å². The second-order valence-corrected chi connectivity index (χ2v) is 6.39. The zero-order valence-electron chi connectivity index (χ0n) is 16.3. The Morgan fingerprint density at radius 1 is 0.900 bits per heavy atom. The summed E-state index contributed by atoms with van der Waals surface area (Å²) in [4.78, 5) is 46.0. The van der Waals surface area contributed by atoms with Gasteiger partial charge < -0.3 is 15.0 Å². The van der Waals surface area contributed by atoms with E-state index >= 15 is 0 Å². The summed E-state index contributed by atoms with van der Waals surface area (Å²) in [5, 5.41) is 2.76. The van der Waals surface area contributed by atoms with E-state index in [9.17, 15) is 14.4 Å². The van der Waals surface area contributed by atoms with Crippen LogP contribution in [0.25, 0.3) is 0 Å². The van der Waals surface area contributed by atoms with E-state index in [2.05, 4.69) is 15.3 Å². The largest absolute Gasteiger partial charge is 0.456 e. The SMILES string of the molecule is CN(CC(=O)OCC(=O)c1ccc(NC(=O)c2ccccc2)cc1)c1ncccn1. The predicted octanol–water partition coefficient (Wildman–Crippen LogP) is 2.59. The van der Waals surface area contributed by atoms with E-state index in [1.165, 1.54) is 4.90 Å². The van der Waals surface area contributed by atoms with Gasteiger partial charge in [0.15, 0.2) is 12.4 Å². The van der Waals surface area contributed by atoms with Gasteiger partial charge in [0, 0.05) is 36.3 Å². The highest BCUT2D eigenvalue weighted by Gasteiger charge is 2.14. The zero-order chi connectivity index (χ0) is 21.3. The summed E-state index contributed by atoms with van der Waals surface area (Å²) in [5.74, 6) is -0.767. The van der Waals surface area contributed by atoms with E-state index in [-0.39, 0.29) is 24.8 Å². The fourth-order valence-corrected chi connectivity index (χ4v) is 2.56. The molecule has 0 saturated carbocycles. The number of carbonyl (C=O) groups is 3. The molecule has 0 fully saturated rings. The van der Waals surface area contributed by atoms with Gasteiger partial charge in [-0.05, 0) is 42.5 Å². The first kappa shape index (κ1) is 20.7. The second kappa shape index (κ2) is 9.92. The lowest BCUT2D eigenvalue weighted by atomic mass is 10.1. The second-order valence-electron chi connectivity index (χ2n) is 6.39. The summed E-state index contributed by atoms with van der Waals surface area (Å²) in [6.45, 7) is -0.459. The van der Waals surface area contributed by atoms with E-state index < -0.39 is 5.97 Å². The van der Waals surface area contributed by atoms with Crippen molar-refractivity contribution in [3.8, 4) is 0 Å². The van der Waals surface area contributed by atoms with Gasteiger partial charge in [-0.1, -0.05) is 18.2 Å². The molecule has 1 N–H and O–H groups in total. The maximum atomic E-state index is 12.3. The molecule has 1 amide bonds. The molecule has 0 aliphatic heterocycles. The molecule has 8 nitrogen and oxygen atoms in total. The van der Waals surface area contributed by atoms with Crippen molar-refractivity contribution in [3.05, 3.63) is 84.2 Å². The molecule has 3 aromatic rings. The standard InChI is InChI=1S/C22H20N4O4/c1-26(22-23-12-5-13-24-22)14-20(28)30-15-19(27)16-8-10-18(11-9-16)25-21(29)17-6-3-2-4-7-17/h2-13H,14-15H2,1H3,(H,25,29). The molecule has 1 heterocycles. The highest BCUT2D eigenvalue weighted by Crippen LogP contribution is 2.12. The summed E-state index contributed by atoms with van der Waals surface area (Å²) in [6, 6.07) is 16.9. The molecule has 3 rings (SSSR count). The number of nitrogens with zero attached hydrogens (tertiary/aromatic N) is 3. The van der Waals surface area contributed by atoms with E-state index in [0.29, 0.717) is 22.8 Å². The Labute approximate surface area is 173 Å². The van der Waals surface area contributed by atoms with Gasteiger partial charge in [0.1, 0.15) is 6.54 Å². The number of benzene rings is 2. The van der Waals surface area contributed by atoms with Gasteiger partial charge in [0.2, 0.25) is 5.95 Å². The molecule has 0 spiro atoms. The van der Waals surface area contributed by atoms with Gasteiger partial charge in [-0.2, -0.15) is 0 Å². The highest BCUT2D eigenvalue weighted by molar-refractivity contribution is 6.04. The van der Waals surface area contributed by atoms with Crippen molar-refractivity contribution < 1.29 is 19.1 Å². The number of likely N-dealkylation sites (N-methyl/N-ethyl adjacent to an activating group) is 1. The van der Waals surface area contributed by atoms with Crippen molar-refractivity contribution >= 4 is 29.3 Å². The van der Waals surface area contributed by atoms with Gasteiger partial charge in [0.05, 0.1) is 0 Å². The van der Waals surface area contributed by atoms with Crippen molar-refractivity contribution in [2.75, 3.05) is 30.4 Å². The Hall–Kier alpha value is -4.07. The van der Waals surface area contributed by atoms with Crippen LogP contribution in [0.3, 0.4) is 0 Å². The third-order valence-electron chi connectivity index (χ3n) is 4.12. The third-order valence-corrected chi connectivity index (χ3v) is 4.12. The van der Waals surface area contributed by atoms with Crippen LogP contribution in [-0.2, 0) is 9.53 Å². The average Bonchev–Trinajstić information content (AvgIpc) is 2.79. The molecule has 0 aliphatic rings. The topological polar surface area (TPSA) is 101 Å². The molecule has 2 aromatic carbocycles. The number of hydrogen-bond acceptors (Lipinski definition) is 7. The third kappa shape index (κ3) is 5.71. The Kier molecular flexibility index (Phi) is 6.83. The molecule has 0 aliphatic carbocycles. The molecule has 0 saturated heterocycles. The first-order valence-corrected chi connectivity index (χ1v) is 9.16. The summed E-state index contributed by atoms with van der Waals surface area (Å²) < 4.78 is 5.05. The molecule has 0 bridgehead atoms. The van der Waals surface area contributed by atoms with Crippen LogP contribution < -0.4 is 10.2 Å². The smallest absolute Gasteiger partial charge is 0.326 e. The summed E-state index contributed by atoms with van der Waals surface area (Å²) in [5.41, 5.74) is 1.47. The number of hydrogen-bond donors (Lipinski definition) is 1. The first-order chi connectivity index (χ1) is 14.5. The Morgan fingerprint density at radius 2 is 1.57 bits per heavy atom. The van der Waals surface area contributed by atoms with Crippen LogP contribution in [0.5, 0.6) is 0 Å². The van der Waals surface area contributed by atoms with Crippen molar-refractivity contribution in [2.24, 2.45) is 0 Å². The number of ketones is 1. The van der Waals surface area contributed by atoms with Gasteiger partial charge >= 0.3 is 5.97 Å². The monoisotopic (exact) mass is 404 g/mol. The minimum atomic E-state index is -0.565. The van der Waals surface area contributed by atoms with Crippen LogP contribution in [0, 0.1) is 0 Å². The number of amides is 1. The van der Waals surface area contributed by atoms with Gasteiger partial charge in [-0.15, -0.1) is 0 Å². The lowest BCUT2D eigenvalue weighted by Gasteiger charge is -2.15. The minimum Gasteiger partial charge on any atom is -0.456 e. The molecular formula is C22H20N4O4. The average molecular weight is 404 g/mol. The quantitative estimate of drug-likeness (QED) is 0.455. The zero-order valence-corrected chi connectivity index (χ0v) is 16.3. The first-order valence-electron chi connectivity index (χ1n) is 9.16. The Morgan fingerprint density at radius 3 is 2.23 bits per heavy atom. The van der Waals surface area contributed by atoms with E-state index in [0.717, 1.165) is 0 Å².